The zero-order chi connectivity index (χ0) is 10.5. The van der Waals surface area contributed by atoms with E-state index in [9.17, 15) is 0 Å². The Labute approximate surface area is 87.2 Å². The van der Waals surface area contributed by atoms with Gasteiger partial charge >= 0.3 is 0 Å². The van der Waals surface area contributed by atoms with Crippen LogP contribution in [0.4, 0.5) is 0 Å². The van der Waals surface area contributed by atoms with Crippen molar-refractivity contribution in [3.05, 3.63) is 12.2 Å². The summed E-state index contributed by atoms with van der Waals surface area (Å²) in [7, 11) is 0. The third kappa shape index (κ3) is 9.97. The highest BCUT2D eigenvalue weighted by Crippen LogP contribution is 2.24. The molecule has 0 aliphatic carbocycles. The third-order valence-electron chi connectivity index (χ3n) is 1.67. The minimum absolute atomic E-state index is 0.320. The van der Waals surface area contributed by atoms with Crippen LogP contribution in [0.1, 0.15) is 40.5 Å². The molecule has 0 aliphatic heterocycles. The highest BCUT2D eigenvalue weighted by molar-refractivity contribution is 8.00. The van der Waals surface area contributed by atoms with Gasteiger partial charge in [-0.1, -0.05) is 26.3 Å². The molecule has 0 aliphatic rings. The SMILES string of the molecule is C=C(C)CCC(N)CSC(C)(C)C. The summed E-state index contributed by atoms with van der Waals surface area (Å²) in [5.74, 6) is 1.05. The predicted molar refractivity (Wildman–Crippen MR) is 64.2 cm³/mol. The Bertz CT molecular complexity index is 158. The van der Waals surface area contributed by atoms with E-state index in [-0.39, 0.29) is 0 Å². The van der Waals surface area contributed by atoms with Gasteiger partial charge in [0.25, 0.3) is 0 Å². The van der Waals surface area contributed by atoms with E-state index in [4.69, 9.17) is 5.73 Å². The van der Waals surface area contributed by atoms with Crippen LogP contribution < -0.4 is 5.73 Å². The molecule has 0 amide bonds. The van der Waals surface area contributed by atoms with Crippen LogP contribution in [0.15, 0.2) is 12.2 Å². The summed E-state index contributed by atoms with van der Waals surface area (Å²) >= 11 is 1.94. The van der Waals surface area contributed by atoms with Crippen molar-refractivity contribution >= 4 is 11.8 Å². The molecular weight excluding hydrogens is 178 g/mol. The van der Waals surface area contributed by atoms with Crippen LogP contribution in [0.3, 0.4) is 0 Å². The lowest BCUT2D eigenvalue weighted by molar-refractivity contribution is 0.667. The van der Waals surface area contributed by atoms with Crippen LogP contribution in [-0.4, -0.2) is 16.5 Å². The zero-order valence-electron chi connectivity index (χ0n) is 9.39. The first-order valence-corrected chi connectivity index (χ1v) is 5.84. The molecule has 0 saturated heterocycles. The molecule has 0 spiro atoms. The van der Waals surface area contributed by atoms with Crippen molar-refractivity contribution in [1.29, 1.82) is 0 Å². The molecule has 0 radical (unpaired) electrons. The molecule has 0 aromatic carbocycles. The van der Waals surface area contributed by atoms with Crippen molar-refractivity contribution in [2.24, 2.45) is 5.73 Å². The second-order valence-electron chi connectivity index (χ2n) is 4.68. The van der Waals surface area contributed by atoms with Crippen LogP contribution in [-0.2, 0) is 0 Å². The normalized spacial score (nSPS) is 14.2. The lowest BCUT2D eigenvalue weighted by Gasteiger charge is -2.20. The average Bonchev–Trinajstić information content (AvgIpc) is 1.95. The summed E-state index contributed by atoms with van der Waals surface area (Å²) in [6.07, 6.45) is 2.13. The van der Waals surface area contributed by atoms with Gasteiger partial charge in [-0.2, -0.15) is 11.8 Å². The lowest BCUT2D eigenvalue weighted by Crippen LogP contribution is -2.25. The van der Waals surface area contributed by atoms with Gasteiger partial charge in [0.15, 0.2) is 0 Å². The second kappa shape index (κ2) is 5.71. The third-order valence-corrected chi connectivity index (χ3v) is 3.13. The Morgan fingerprint density at radius 1 is 1.46 bits per heavy atom. The number of nitrogens with two attached hydrogens (primary N) is 1. The fourth-order valence-electron chi connectivity index (χ4n) is 0.872. The van der Waals surface area contributed by atoms with Gasteiger partial charge in [-0.15, -0.1) is 6.58 Å². The molecule has 2 N–H and O–H groups in total. The molecule has 1 atom stereocenters. The maximum absolute atomic E-state index is 5.97. The first-order valence-electron chi connectivity index (χ1n) is 4.85. The van der Waals surface area contributed by atoms with Crippen LogP contribution in [0.5, 0.6) is 0 Å². The molecule has 78 valence electrons. The summed E-state index contributed by atoms with van der Waals surface area (Å²) < 4.78 is 0.334. The van der Waals surface area contributed by atoms with Gasteiger partial charge in [0.05, 0.1) is 0 Å². The Hall–Kier alpha value is 0.0500. The van der Waals surface area contributed by atoms with Crippen molar-refractivity contribution in [3.63, 3.8) is 0 Å². The summed E-state index contributed by atoms with van der Waals surface area (Å²) in [4.78, 5) is 0. The minimum atomic E-state index is 0.320. The number of rotatable bonds is 5. The molecule has 0 bridgehead atoms. The van der Waals surface area contributed by atoms with Crippen LogP contribution in [0, 0.1) is 0 Å². The molecule has 13 heavy (non-hydrogen) atoms. The second-order valence-corrected chi connectivity index (χ2v) is 6.53. The maximum atomic E-state index is 5.97. The van der Waals surface area contributed by atoms with Gasteiger partial charge in [0, 0.05) is 16.5 Å². The highest BCUT2D eigenvalue weighted by Gasteiger charge is 2.12. The van der Waals surface area contributed by atoms with Gasteiger partial charge < -0.3 is 5.73 Å². The van der Waals surface area contributed by atoms with E-state index in [1.54, 1.807) is 0 Å². The molecular formula is C11H23NS. The molecule has 0 aromatic heterocycles. The van der Waals surface area contributed by atoms with Crippen molar-refractivity contribution in [2.75, 3.05) is 5.75 Å². The Morgan fingerprint density at radius 2 is 2.00 bits per heavy atom. The van der Waals surface area contributed by atoms with Gasteiger partial charge in [0.1, 0.15) is 0 Å². The molecule has 0 rings (SSSR count). The largest absolute Gasteiger partial charge is 0.327 e. The number of hydrogen-bond donors (Lipinski definition) is 1. The van der Waals surface area contributed by atoms with Gasteiger partial charge in [-0.25, -0.2) is 0 Å². The van der Waals surface area contributed by atoms with E-state index < -0.39 is 0 Å². The highest BCUT2D eigenvalue weighted by atomic mass is 32.2. The quantitative estimate of drug-likeness (QED) is 0.691. The van der Waals surface area contributed by atoms with Crippen LogP contribution in [0.25, 0.3) is 0 Å². The zero-order valence-corrected chi connectivity index (χ0v) is 10.2. The Morgan fingerprint density at radius 3 is 2.38 bits per heavy atom. The van der Waals surface area contributed by atoms with E-state index in [2.05, 4.69) is 34.3 Å². The Balaban J connectivity index is 3.52. The number of hydrogen-bond acceptors (Lipinski definition) is 2. The molecule has 2 heteroatoms. The van der Waals surface area contributed by atoms with Gasteiger partial charge in [0.2, 0.25) is 0 Å². The fourth-order valence-corrected chi connectivity index (χ4v) is 1.75. The summed E-state index contributed by atoms with van der Waals surface area (Å²) in [5, 5.41) is 0. The molecule has 0 saturated carbocycles. The maximum Gasteiger partial charge on any atom is 0.0133 e. The smallest absolute Gasteiger partial charge is 0.0133 e. The lowest BCUT2D eigenvalue weighted by atomic mass is 10.1. The van der Waals surface area contributed by atoms with Crippen molar-refractivity contribution < 1.29 is 0 Å². The van der Waals surface area contributed by atoms with Crippen LogP contribution >= 0.6 is 11.8 Å². The fraction of sp³-hybridized carbons (Fsp3) is 0.818. The van der Waals surface area contributed by atoms with E-state index in [0.29, 0.717) is 10.8 Å². The standard InChI is InChI=1S/C11H23NS/c1-9(2)6-7-10(12)8-13-11(3,4)5/h10H,1,6-8,12H2,2-5H3. The average molecular weight is 201 g/mol. The van der Waals surface area contributed by atoms with Crippen molar-refractivity contribution in [2.45, 2.75) is 51.3 Å². The monoisotopic (exact) mass is 201 g/mol. The summed E-state index contributed by atoms with van der Waals surface area (Å²) in [6.45, 7) is 12.6. The summed E-state index contributed by atoms with van der Waals surface area (Å²) in [5.41, 5.74) is 7.20. The van der Waals surface area contributed by atoms with E-state index in [0.717, 1.165) is 18.6 Å². The molecule has 1 nitrogen and oxygen atoms in total. The number of allylic oxidation sites excluding steroid dienone is 1. The molecule has 1 unspecified atom stereocenters. The minimum Gasteiger partial charge on any atom is -0.327 e. The van der Waals surface area contributed by atoms with E-state index >= 15 is 0 Å². The predicted octanol–water partition coefficient (Wildman–Crippen LogP) is 3.20. The van der Waals surface area contributed by atoms with Crippen molar-refractivity contribution in [3.8, 4) is 0 Å². The Kier molecular flexibility index (Phi) is 5.73. The topological polar surface area (TPSA) is 26.0 Å². The van der Waals surface area contributed by atoms with Crippen molar-refractivity contribution in [1.82, 2.24) is 0 Å². The number of thioether (sulfide) groups is 1. The van der Waals surface area contributed by atoms with Gasteiger partial charge in [-0.3, -0.25) is 0 Å². The van der Waals surface area contributed by atoms with Crippen LogP contribution in [0.2, 0.25) is 0 Å². The molecule has 0 aromatic rings. The van der Waals surface area contributed by atoms with Gasteiger partial charge in [-0.05, 0) is 19.8 Å². The van der Waals surface area contributed by atoms with E-state index in [1.807, 2.05) is 11.8 Å². The molecule has 0 fully saturated rings. The summed E-state index contributed by atoms with van der Waals surface area (Å²) in [6, 6.07) is 0.320. The first-order chi connectivity index (χ1) is 5.81. The van der Waals surface area contributed by atoms with E-state index in [1.165, 1.54) is 5.57 Å². The first kappa shape index (κ1) is 13.1. The molecule has 0 heterocycles.